The van der Waals surface area contributed by atoms with E-state index in [0.717, 1.165) is 0 Å². The zero-order valence-electron chi connectivity index (χ0n) is 12.9. The van der Waals surface area contributed by atoms with Crippen LogP contribution in [0.3, 0.4) is 0 Å². The summed E-state index contributed by atoms with van der Waals surface area (Å²) < 4.78 is 16.1. The molecule has 118 valence electrons. The van der Waals surface area contributed by atoms with Gasteiger partial charge in [-0.3, -0.25) is 0 Å². The fraction of sp³-hybridized carbons (Fsp3) is 0.188. The van der Waals surface area contributed by atoms with E-state index in [1.54, 1.807) is 38.1 Å². The van der Waals surface area contributed by atoms with E-state index in [1.807, 2.05) is 0 Å². The molecule has 0 saturated carbocycles. The normalized spacial score (nSPS) is 10.9. The van der Waals surface area contributed by atoms with Gasteiger partial charge in [-0.15, -0.1) is 11.7 Å². The van der Waals surface area contributed by atoms with Gasteiger partial charge in [-0.1, -0.05) is 6.08 Å². The van der Waals surface area contributed by atoms with Crippen molar-refractivity contribution in [3.8, 4) is 0 Å². The van der Waals surface area contributed by atoms with Crippen LogP contribution in [-0.4, -0.2) is 19.2 Å². The molecule has 0 radical (unpaired) electrons. The lowest BCUT2D eigenvalue weighted by atomic mass is 10.2. The van der Waals surface area contributed by atoms with Crippen LogP contribution in [0.25, 0.3) is 5.78 Å². The lowest BCUT2D eigenvalue weighted by molar-refractivity contribution is 0.619. The number of anilines is 2. The molecule has 0 bridgehead atoms. The zero-order valence-corrected chi connectivity index (χ0v) is 12.9. The average Bonchev–Trinajstić information content (AvgIpc) is 2.80. The molecule has 0 atom stereocenters. The molecule has 0 aliphatic heterocycles. The minimum Gasteiger partial charge on any atom is -0.340 e. The number of halogens is 1. The summed E-state index contributed by atoms with van der Waals surface area (Å²) in [5, 5.41) is 7.28. The molecule has 6 nitrogen and oxygen atoms in total. The Morgan fingerprint density at radius 2 is 2.13 bits per heavy atom. The van der Waals surface area contributed by atoms with Crippen LogP contribution >= 0.6 is 0 Å². The van der Waals surface area contributed by atoms with E-state index in [-0.39, 0.29) is 11.5 Å². The van der Waals surface area contributed by atoms with Gasteiger partial charge in [0.15, 0.2) is 0 Å². The molecule has 0 spiro atoms. The highest BCUT2D eigenvalue weighted by Gasteiger charge is 2.11. The van der Waals surface area contributed by atoms with Crippen LogP contribution in [0.5, 0.6) is 0 Å². The second-order valence-corrected chi connectivity index (χ2v) is 5.26. The molecule has 1 aromatic carbocycles. The average molecular weight is 313 g/mol. The van der Waals surface area contributed by atoms with Gasteiger partial charge in [-0.05, 0) is 37.6 Å². The van der Waals surface area contributed by atoms with Gasteiger partial charge >= 0.3 is 5.69 Å². The van der Waals surface area contributed by atoms with Gasteiger partial charge in [-0.25, -0.2) is 18.3 Å². The Morgan fingerprint density at radius 1 is 1.35 bits per heavy atom. The largest absolute Gasteiger partial charge is 0.352 e. The van der Waals surface area contributed by atoms with Crippen LogP contribution in [0.15, 0.2) is 41.7 Å². The van der Waals surface area contributed by atoms with Crippen molar-refractivity contribution in [1.82, 2.24) is 19.2 Å². The van der Waals surface area contributed by atoms with Gasteiger partial charge in [0.05, 0.1) is 6.54 Å². The van der Waals surface area contributed by atoms with Crippen molar-refractivity contribution >= 4 is 17.3 Å². The van der Waals surface area contributed by atoms with Crippen molar-refractivity contribution in [2.75, 3.05) is 5.32 Å². The number of allylic oxidation sites excluding steroid dienone is 1. The summed E-state index contributed by atoms with van der Waals surface area (Å²) in [5.41, 5.74) is 1.71. The third kappa shape index (κ3) is 2.73. The van der Waals surface area contributed by atoms with Gasteiger partial charge in [-0.2, -0.15) is 4.98 Å². The Hall–Kier alpha value is -2.96. The predicted octanol–water partition coefficient (Wildman–Crippen LogP) is 2.58. The number of nitrogens with zero attached hydrogens (tertiary/aromatic N) is 4. The van der Waals surface area contributed by atoms with Gasteiger partial charge in [0.25, 0.3) is 5.78 Å². The molecule has 7 heteroatoms. The molecule has 0 amide bonds. The second kappa shape index (κ2) is 5.68. The summed E-state index contributed by atoms with van der Waals surface area (Å²) in [5.74, 6) is 0.583. The fourth-order valence-corrected chi connectivity index (χ4v) is 2.36. The van der Waals surface area contributed by atoms with E-state index < -0.39 is 0 Å². The van der Waals surface area contributed by atoms with Crippen LogP contribution in [0, 0.1) is 19.7 Å². The molecule has 0 fully saturated rings. The molecular weight excluding hydrogens is 297 g/mol. The Morgan fingerprint density at radius 3 is 2.83 bits per heavy atom. The molecule has 0 unspecified atom stereocenters. The summed E-state index contributed by atoms with van der Waals surface area (Å²) in [6, 6.07) is 6.46. The van der Waals surface area contributed by atoms with E-state index in [0.29, 0.717) is 35.1 Å². The van der Waals surface area contributed by atoms with Crippen molar-refractivity contribution in [3.63, 3.8) is 0 Å². The fourth-order valence-electron chi connectivity index (χ4n) is 2.36. The molecule has 0 saturated heterocycles. The third-order valence-corrected chi connectivity index (χ3v) is 3.47. The maximum absolute atomic E-state index is 13.3. The quantitative estimate of drug-likeness (QED) is 0.752. The van der Waals surface area contributed by atoms with Gasteiger partial charge in [0, 0.05) is 17.4 Å². The summed E-state index contributed by atoms with van der Waals surface area (Å²) >= 11 is 0. The maximum Gasteiger partial charge on any atom is 0.352 e. The van der Waals surface area contributed by atoms with Gasteiger partial charge < -0.3 is 5.32 Å². The molecule has 2 heterocycles. The first-order valence-corrected chi connectivity index (χ1v) is 7.11. The summed E-state index contributed by atoms with van der Waals surface area (Å²) in [4.78, 5) is 16.5. The highest BCUT2D eigenvalue weighted by Crippen LogP contribution is 2.19. The highest BCUT2D eigenvalue weighted by molar-refractivity contribution is 5.59. The van der Waals surface area contributed by atoms with E-state index in [2.05, 4.69) is 22.0 Å². The number of benzene rings is 1. The predicted molar refractivity (Wildman–Crippen MR) is 86.6 cm³/mol. The van der Waals surface area contributed by atoms with Crippen LogP contribution < -0.4 is 11.0 Å². The van der Waals surface area contributed by atoms with Crippen molar-refractivity contribution < 1.29 is 4.39 Å². The molecule has 23 heavy (non-hydrogen) atoms. The van der Waals surface area contributed by atoms with Crippen LogP contribution in [0.4, 0.5) is 15.9 Å². The lowest BCUT2D eigenvalue weighted by Gasteiger charge is -2.08. The minimum absolute atomic E-state index is 0.255. The number of hydrogen-bond donors (Lipinski definition) is 1. The molecule has 0 aliphatic carbocycles. The number of rotatable bonds is 4. The van der Waals surface area contributed by atoms with Crippen LogP contribution in [-0.2, 0) is 6.54 Å². The standard InChI is InChI=1S/C16H16FN5O/c1-4-7-21-16(23)22-11(3)9-14(19-15(22)20-21)18-12-5-6-13(17)10(2)8-12/h4-6,8-9H,1,7H2,2-3H3,(H,18,19,20). The second-order valence-electron chi connectivity index (χ2n) is 5.26. The SMILES string of the molecule is C=CCn1nc2nc(Nc3ccc(F)c(C)c3)cc(C)n2c1=O. The Balaban J connectivity index is 2.03. The number of aryl methyl sites for hydroxylation is 2. The number of nitrogens with one attached hydrogen (secondary N) is 1. The molecule has 3 aromatic rings. The third-order valence-electron chi connectivity index (χ3n) is 3.47. The van der Waals surface area contributed by atoms with Crippen molar-refractivity contribution in [2.45, 2.75) is 20.4 Å². The van der Waals surface area contributed by atoms with E-state index in [9.17, 15) is 9.18 Å². The smallest absolute Gasteiger partial charge is 0.340 e. The Labute approximate surface area is 131 Å². The zero-order chi connectivity index (χ0) is 16.6. The Bertz CT molecular complexity index is 957. The number of aromatic nitrogens is 4. The van der Waals surface area contributed by atoms with E-state index in [4.69, 9.17) is 0 Å². The van der Waals surface area contributed by atoms with Gasteiger partial charge in [0.2, 0.25) is 0 Å². The molecule has 3 rings (SSSR count). The first-order valence-electron chi connectivity index (χ1n) is 7.11. The van der Waals surface area contributed by atoms with Crippen molar-refractivity contribution in [3.05, 3.63) is 64.5 Å². The molecular formula is C16H16FN5O. The highest BCUT2D eigenvalue weighted by atomic mass is 19.1. The molecule has 0 aliphatic rings. The number of hydrogen-bond acceptors (Lipinski definition) is 4. The monoisotopic (exact) mass is 313 g/mol. The topological polar surface area (TPSA) is 64.2 Å². The first kappa shape index (κ1) is 15.0. The summed E-state index contributed by atoms with van der Waals surface area (Å²) in [7, 11) is 0. The van der Waals surface area contributed by atoms with Crippen LogP contribution in [0.1, 0.15) is 11.3 Å². The van der Waals surface area contributed by atoms with Crippen molar-refractivity contribution in [1.29, 1.82) is 0 Å². The molecule has 1 N–H and O–H groups in total. The van der Waals surface area contributed by atoms with E-state index >= 15 is 0 Å². The van der Waals surface area contributed by atoms with Gasteiger partial charge in [0.1, 0.15) is 11.6 Å². The lowest BCUT2D eigenvalue weighted by Crippen LogP contribution is -2.21. The maximum atomic E-state index is 13.3. The number of fused-ring (bicyclic) bond motifs is 1. The summed E-state index contributed by atoms with van der Waals surface area (Å²) in [6.07, 6.45) is 1.60. The minimum atomic E-state index is -0.259. The Kier molecular flexibility index (Phi) is 3.69. The summed E-state index contributed by atoms with van der Waals surface area (Å²) in [6.45, 7) is 7.42. The van der Waals surface area contributed by atoms with E-state index in [1.165, 1.54) is 15.1 Å². The van der Waals surface area contributed by atoms with Crippen LogP contribution in [0.2, 0.25) is 0 Å². The first-order chi connectivity index (χ1) is 11.0. The molecule has 2 aromatic heterocycles. The van der Waals surface area contributed by atoms with Crippen molar-refractivity contribution in [2.24, 2.45) is 0 Å².